The van der Waals surface area contributed by atoms with Crippen molar-refractivity contribution in [3.05, 3.63) is 153 Å². The van der Waals surface area contributed by atoms with Crippen molar-refractivity contribution in [3.63, 3.8) is 0 Å². The summed E-state index contributed by atoms with van der Waals surface area (Å²) in [6.07, 6.45) is 0. The fourth-order valence-corrected chi connectivity index (χ4v) is 6.01. The van der Waals surface area contributed by atoms with Gasteiger partial charge in [-0.3, -0.25) is 0 Å². The van der Waals surface area contributed by atoms with E-state index in [1.165, 1.54) is 0 Å². The molecule has 5 rings (SSSR count). The fourth-order valence-electron chi connectivity index (χ4n) is 6.01. The smallest absolute Gasteiger partial charge is 0.118 e. The van der Waals surface area contributed by atoms with E-state index < -0.39 is 10.8 Å². The lowest BCUT2D eigenvalue weighted by molar-refractivity contribution is 0.469. The zero-order valence-electron chi connectivity index (χ0n) is 25.0. The van der Waals surface area contributed by atoms with Crippen molar-refractivity contribution < 1.29 is 20.4 Å². The molecule has 0 saturated carbocycles. The molecule has 0 atom stereocenters. The van der Waals surface area contributed by atoms with Crippen molar-refractivity contribution >= 4 is 0 Å². The van der Waals surface area contributed by atoms with Gasteiger partial charge < -0.3 is 20.4 Å². The standard InChI is InChI=1S/C38H38O4/c1-23-18-29(10-14-33(23)39)37(5,30-11-15-34(40)24(2)19-30)27-8-7-9-28(22-27)38(6,31-12-16-35(41)25(3)20-31)32-13-17-36(42)26(4)21-32/h7-22,39-42H,1-6H3. The Bertz CT molecular complexity index is 1570. The number of phenols is 4. The highest BCUT2D eigenvalue weighted by Gasteiger charge is 2.36. The van der Waals surface area contributed by atoms with E-state index in [0.29, 0.717) is 0 Å². The van der Waals surface area contributed by atoms with Gasteiger partial charge in [0.15, 0.2) is 0 Å². The normalized spacial score (nSPS) is 12.0. The Morgan fingerprint density at radius 2 is 0.595 bits per heavy atom. The largest absolute Gasteiger partial charge is 0.508 e. The number of aryl methyl sites for hydroxylation is 4. The van der Waals surface area contributed by atoms with Crippen molar-refractivity contribution in [1.29, 1.82) is 0 Å². The van der Waals surface area contributed by atoms with Crippen LogP contribution in [-0.2, 0) is 10.8 Å². The highest BCUT2D eigenvalue weighted by atomic mass is 16.3. The average Bonchev–Trinajstić information content (AvgIpc) is 2.98. The van der Waals surface area contributed by atoms with Crippen LogP contribution in [0.4, 0.5) is 0 Å². The van der Waals surface area contributed by atoms with Gasteiger partial charge in [-0.25, -0.2) is 0 Å². The summed E-state index contributed by atoms with van der Waals surface area (Å²) in [6, 6.07) is 31.4. The molecule has 0 aliphatic carbocycles. The van der Waals surface area contributed by atoms with E-state index in [2.05, 4.69) is 38.1 Å². The van der Waals surface area contributed by atoms with Crippen molar-refractivity contribution in [1.82, 2.24) is 0 Å². The molecule has 4 nitrogen and oxygen atoms in total. The molecular formula is C38H38O4. The van der Waals surface area contributed by atoms with Gasteiger partial charge in [0, 0.05) is 10.8 Å². The van der Waals surface area contributed by atoms with Crippen molar-refractivity contribution in [2.45, 2.75) is 52.4 Å². The van der Waals surface area contributed by atoms with Crippen LogP contribution in [0.5, 0.6) is 23.0 Å². The summed E-state index contributed by atoms with van der Waals surface area (Å²) in [7, 11) is 0. The van der Waals surface area contributed by atoms with Crippen LogP contribution in [0.2, 0.25) is 0 Å². The third-order valence-electron chi connectivity index (χ3n) is 9.11. The van der Waals surface area contributed by atoms with E-state index in [4.69, 9.17) is 0 Å². The van der Waals surface area contributed by atoms with Crippen LogP contribution >= 0.6 is 0 Å². The molecular weight excluding hydrogens is 520 g/mol. The topological polar surface area (TPSA) is 80.9 Å². The summed E-state index contributed by atoms with van der Waals surface area (Å²) in [5, 5.41) is 41.4. The van der Waals surface area contributed by atoms with Crippen LogP contribution in [0, 0.1) is 27.7 Å². The molecule has 0 radical (unpaired) electrons. The second-order valence-corrected chi connectivity index (χ2v) is 11.8. The van der Waals surface area contributed by atoms with Crippen LogP contribution in [0.15, 0.2) is 97.1 Å². The van der Waals surface area contributed by atoms with E-state index in [1.807, 2.05) is 76.2 Å². The first kappa shape index (κ1) is 28.8. The molecule has 4 heteroatoms. The van der Waals surface area contributed by atoms with Gasteiger partial charge in [-0.05, 0) is 121 Å². The minimum atomic E-state index is -0.621. The Hall–Kier alpha value is -4.70. The molecule has 0 aliphatic heterocycles. The molecule has 5 aromatic carbocycles. The maximum Gasteiger partial charge on any atom is 0.118 e. The van der Waals surface area contributed by atoms with E-state index in [1.54, 1.807) is 24.3 Å². The van der Waals surface area contributed by atoms with Gasteiger partial charge in [-0.1, -0.05) is 72.8 Å². The summed E-state index contributed by atoms with van der Waals surface area (Å²) in [5.74, 6) is 0.980. The molecule has 0 saturated heterocycles. The quantitative estimate of drug-likeness (QED) is 0.158. The number of phenolic OH excluding ortho intramolecular Hbond substituents is 4. The third kappa shape index (κ3) is 4.77. The first-order valence-electron chi connectivity index (χ1n) is 14.2. The number of hydrogen-bond acceptors (Lipinski definition) is 4. The van der Waals surface area contributed by atoms with E-state index >= 15 is 0 Å². The lowest BCUT2D eigenvalue weighted by Gasteiger charge is -2.36. The minimum Gasteiger partial charge on any atom is -0.508 e. The maximum atomic E-state index is 10.3. The molecule has 0 unspecified atom stereocenters. The molecule has 0 fully saturated rings. The lowest BCUT2D eigenvalue weighted by Crippen LogP contribution is -2.29. The molecule has 0 aromatic heterocycles. The number of benzene rings is 5. The number of hydrogen-bond donors (Lipinski definition) is 4. The van der Waals surface area contributed by atoms with E-state index in [-0.39, 0.29) is 23.0 Å². The van der Waals surface area contributed by atoms with Gasteiger partial charge in [-0.2, -0.15) is 0 Å². The lowest BCUT2D eigenvalue weighted by atomic mass is 9.66. The summed E-state index contributed by atoms with van der Waals surface area (Å²) < 4.78 is 0. The zero-order chi connectivity index (χ0) is 30.4. The van der Waals surface area contributed by atoms with E-state index in [0.717, 1.165) is 55.6 Å². The Balaban J connectivity index is 1.80. The molecule has 0 aliphatic rings. The predicted molar refractivity (Wildman–Crippen MR) is 169 cm³/mol. The van der Waals surface area contributed by atoms with Gasteiger partial charge >= 0.3 is 0 Å². The zero-order valence-corrected chi connectivity index (χ0v) is 25.0. The Morgan fingerprint density at radius 3 is 0.833 bits per heavy atom. The molecule has 42 heavy (non-hydrogen) atoms. The Kier molecular flexibility index (Phi) is 7.28. The van der Waals surface area contributed by atoms with Gasteiger partial charge in [0.05, 0.1) is 0 Å². The summed E-state index contributed by atoms with van der Waals surface area (Å²) >= 11 is 0. The van der Waals surface area contributed by atoms with Crippen LogP contribution in [0.25, 0.3) is 0 Å². The predicted octanol–water partition coefficient (Wildman–Crippen LogP) is 8.45. The molecule has 0 bridgehead atoms. The SMILES string of the molecule is Cc1cc(C(C)(c2cccc(C(C)(c3ccc(O)c(C)c3)c3ccc(O)c(C)c3)c2)c2ccc(O)c(C)c2)ccc1O. The van der Waals surface area contributed by atoms with Gasteiger partial charge in [0.2, 0.25) is 0 Å². The van der Waals surface area contributed by atoms with Gasteiger partial charge in [0.1, 0.15) is 23.0 Å². The number of rotatable bonds is 6. The van der Waals surface area contributed by atoms with Gasteiger partial charge in [0.25, 0.3) is 0 Å². The fraction of sp³-hybridized carbons (Fsp3) is 0.211. The molecule has 4 N–H and O–H groups in total. The first-order chi connectivity index (χ1) is 19.8. The second kappa shape index (κ2) is 10.6. The van der Waals surface area contributed by atoms with E-state index in [9.17, 15) is 20.4 Å². The third-order valence-corrected chi connectivity index (χ3v) is 9.11. The highest BCUT2D eigenvalue weighted by molar-refractivity contribution is 5.58. The summed E-state index contributed by atoms with van der Waals surface area (Å²) in [4.78, 5) is 0. The van der Waals surface area contributed by atoms with Crippen molar-refractivity contribution in [2.24, 2.45) is 0 Å². The monoisotopic (exact) mass is 558 g/mol. The average molecular weight is 559 g/mol. The second-order valence-electron chi connectivity index (χ2n) is 11.8. The summed E-state index contributed by atoms with van der Waals surface area (Å²) in [5.41, 5.74) is 8.07. The number of aromatic hydroxyl groups is 4. The first-order valence-corrected chi connectivity index (χ1v) is 14.2. The highest BCUT2D eigenvalue weighted by Crippen LogP contribution is 2.46. The molecule has 0 amide bonds. The molecule has 0 spiro atoms. The van der Waals surface area contributed by atoms with Crippen molar-refractivity contribution in [2.75, 3.05) is 0 Å². The minimum absolute atomic E-state index is 0.245. The summed E-state index contributed by atoms with van der Waals surface area (Å²) in [6.45, 7) is 11.9. The molecule has 0 heterocycles. The maximum absolute atomic E-state index is 10.3. The Labute approximate surface area is 248 Å². The van der Waals surface area contributed by atoms with Crippen LogP contribution in [0.1, 0.15) is 69.5 Å². The van der Waals surface area contributed by atoms with Gasteiger partial charge in [-0.15, -0.1) is 0 Å². The van der Waals surface area contributed by atoms with Crippen LogP contribution < -0.4 is 0 Å². The Morgan fingerprint density at radius 1 is 0.357 bits per heavy atom. The molecule has 5 aromatic rings. The van der Waals surface area contributed by atoms with Crippen molar-refractivity contribution in [3.8, 4) is 23.0 Å². The van der Waals surface area contributed by atoms with Crippen LogP contribution in [0.3, 0.4) is 0 Å². The van der Waals surface area contributed by atoms with Crippen LogP contribution in [-0.4, -0.2) is 20.4 Å². The molecule has 214 valence electrons.